The van der Waals surface area contributed by atoms with E-state index < -0.39 is 5.97 Å². The average molecular weight is 299 g/mol. The van der Waals surface area contributed by atoms with Crippen LogP contribution in [0.25, 0.3) is 10.8 Å². The molecule has 0 bridgehead atoms. The van der Waals surface area contributed by atoms with Gasteiger partial charge in [0.1, 0.15) is 5.82 Å². The molecule has 1 heterocycles. The monoisotopic (exact) mass is 298 g/mol. The fraction of sp³-hybridized carbons (Fsp3) is 0. The van der Waals surface area contributed by atoms with E-state index in [4.69, 9.17) is 11.6 Å². The maximum atomic E-state index is 11.3. The molecule has 1 aromatic heterocycles. The number of para-hydroxylation sites is 1. The summed E-state index contributed by atoms with van der Waals surface area (Å²) in [6.07, 6.45) is 1.35. The van der Waals surface area contributed by atoms with Gasteiger partial charge in [0.2, 0.25) is 0 Å². The van der Waals surface area contributed by atoms with Crippen molar-refractivity contribution in [2.24, 2.45) is 0 Å². The highest BCUT2D eigenvalue weighted by molar-refractivity contribution is 6.33. The van der Waals surface area contributed by atoms with Crippen molar-refractivity contribution in [3.63, 3.8) is 0 Å². The Hall–Kier alpha value is -2.59. The zero-order chi connectivity index (χ0) is 14.8. The Morgan fingerprint density at radius 3 is 2.43 bits per heavy atom. The quantitative estimate of drug-likeness (QED) is 0.755. The maximum absolute atomic E-state index is 11.3. The van der Waals surface area contributed by atoms with E-state index >= 15 is 0 Å². The SMILES string of the molecule is O=C(O)c1cnc(Nc2ccccc2Cl)c2ccccc12. The number of aromatic nitrogens is 1. The summed E-state index contributed by atoms with van der Waals surface area (Å²) in [6.45, 7) is 0. The number of nitrogens with one attached hydrogen (secondary N) is 1. The van der Waals surface area contributed by atoms with Gasteiger partial charge < -0.3 is 10.4 Å². The van der Waals surface area contributed by atoms with Gasteiger partial charge >= 0.3 is 5.97 Å². The molecule has 4 nitrogen and oxygen atoms in total. The first kappa shape index (κ1) is 13.4. The molecule has 0 unspecified atom stereocenters. The molecule has 0 fully saturated rings. The zero-order valence-electron chi connectivity index (χ0n) is 10.9. The molecule has 21 heavy (non-hydrogen) atoms. The van der Waals surface area contributed by atoms with Crippen LogP contribution in [0.2, 0.25) is 5.02 Å². The summed E-state index contributed by atoms with van der Waals surface area (Å²) >= 11 is 6.12. The Morgan fingerprint density at radius 2 is 1.71 bits per heavy atom. The molecule has 5 heteroatoms. The van der Waals surface area contributed by atoms with Gasteiger partial charge in [-0.3, -0.25) is 0 Å². The minimum absolute atomic E-state index is 0.176. The Kier molecular flexibility index (Phi) is 3.46. The number of nitrogens with zero attached hydrogens (tertiary/aromatic N) is 1. The van der Waals surface area contributed by atoms with Crippen LogP contribution in [-0.4, -0.2) is 16.1 Å². The molecule has 0 radical (unpaired) electrons. The molecule has 0 aliphatic rings. The van der Waals surface area contributed by atoms with Crippen LogP contribution in [0.1, 0.15) is 10.4 Å². The Labute approximate surface area is 126 Å². The van der Waals surface area contributed by atoms with E-state index in [2.05, 4.69) is 10.3 Å². The third kappa shape index (κ3) is 2.53. The number of aromatic carboxylic acids is 1. The van der Waals surface area contributed by atoms with Crippen LogP contribution in [-0.2, 0) is 0 Å². The topological polar surface area (TPSA) is 62.2 Å². The number of fused-ring (bicyclic) bond motifs is 1. The summed E-state index contributed by atoms with van der Waals surface area (Å²) in [5.41, 5.74) is 0.898. The average Bonchev–Trinajstić information content (AvgIpc) is 2.49. The van der Waals surface area contributed by atoms with E-state index in [1.165, 1.54) is 6.20 Å². The van der Waals surface area contributed by atoms with E-state index in [-0.39, 0.29) is 5.56 Å². The normalized spacial score (nSPS) is 10.5. The van der Waals surface area contributed by atoms with Crippen molar-refractivity contribution in [3.05, 3.63) is 65.3 Å². The summed E-state index contributed by atoms with van der Waals surface area (Å²) in [7, 11) is 0. The molecule has 0 aliphatic carbocycles. The molecule has 3 rings (SSSR count). The van der Waals surface area contributed by atoms with Crippen LogP contribution in [0.4, 0.5) is 11.5 Å². The zero-order valence-corrected chi connectivity index (χ0v) is 11.6. The highest BCUT2D eigenvalue weighted by Gasteiger charge is 2.12. The van der Waals surface area contributed by atoms with Crippen LogP contribution in [0.15, 0.2) is 54.7 Å². The van der Waals surface area contributed by atoms with Gasteiger partial charge in [0, 0.05) is 17.0 Å². The molecule has 2 N–H and O–H groups in total. The highest BCUT2D eigenvalue weighted by atomic mass is 35.5. The molecule has 2 aromatic carbocycles. The second-order valence-electron chi connectivity index (χ2n) is 4.48. The van der Waals surface area contributed by atoms with Crippen molar-refractivity contribution in [2.75, 3.05) is 5.32 Å². The molecular weight excluding hydrogens is 288 g/mol. The second-order valence-corrected chi connectivity index (χ2v) is 4.88. The second kappa shape index (κ2) is 5.42. The lowest BCUT2D eigenvalue weighted by atomic mass is 10.1. The summed E-state index contributed by atoms with van der Waals surface area (Å²) < 4.78 is 0. The molecule has 0 aliphatic heterocycles. The van der Waals surface area contributed by atoms with E-state index in [0.717, 1.165) is 11.1 Å². The van der Waals surface area contributed by atoms with Crippen molar-refractivity contribution in [1.29, 1.82) is 0 Å². The number of hydrogen-bond acceptors (Lipinski definition) is 3. The summed E-state index contributed by atoms with van der Waals surface area (Å²) in [4.78, 5) is 15.5. The van der Waals surface area contributed by atoms with Gasteiger partial charge in [0.15, 0.2) is 0 Å². The molecule has 0 saturated carbocycles. The summed E-state index contributed by atoms with van der Waals surface area (Å²) in [5, 5.41) is 14.3. The lowest BCUT2D eigenvalue weighted by Gasteiger charge is -2.11. The fourth-order valence-electron chi connectivity index (χ4n) is 2.15. The van der Waals surface area contributed by atoms with Crippen LogP contribution in [0, 0.1) is 0 Å². The van der Waals surface area contributed by atoms with Gasteiger partial charge in [0.05, 0.1) is 16.3 Å². The van der Waals surface area contributed by atoms with Crippen LogP contribution < -0.4 is 5.32 Å². The lowest BCUT2D eigenvalue weighted by Crippen LogP contribution is -2.02. The molecule has 3 aromatic rings. The first-order chi connectivity index (χ1) is 10.2. The molecule has 0 spiro atoms. The van der Waals surface area contributed by atoms with Crippen molar-refractivity contribution < 1.29 is 9.90 Å². The number of benzene rings is 2. The molecule has 104 valence electrons. The predicted molar refractivity (Wildman–Crippen MR) is 83.4 cm³/mol. The molecule has 0 atom stereocenters. The predicted octanol–water partition coefficient (Wildman–Crippen LogP) is 4.33. The van der Waals surface area contributed by atoms with Crippen molar-refractivity contribution in [1.82, 2.24) is 4.98 Å². The Balaban J connectivity index is 2.14. The third-order valence-corrected chi connectivity index (χ3v) is 3.48. The van der Waals surface area contributed by atoms with Crippen LogP contribution in [0.5, 0.6) is 0 Å². The lowest BCUT2D eigenvalue weighted by molar-refractivity contribution is 0.0698. The number of carboxylic acid groups (broad SMARTS) is 1. The van der Waals surface area contributed by atoms with Crippen molar-refractivity contribution in [3.8, 4) is 0 Å². The smallest absolute Gasteiger partial charge is 0.337 e. The minimum Gasteiger partial charge on any atom is -0.478 e. The van der Waals surface area contributed by atoms with Crippen molar-refractivity contribution in [2.45, 2.75) is 0 Å². The van der Waals surface area contributed by atoms with Gasteiger partial charge in [-0.25, -0.2) is 9.78 Å². The minimum atomic E-state index is -0.997. The third-order valence-electron chi connectivity index (χ3n) is 3.15. The van der Waals surface area contributed by atoms with Gasteiger partial charge in [0.25, 0.3) is 0 Å². The largest absolute Gasteiger partial charge is 0.478 e. The Bertz CT molecular complexity index is 833. The summed E-state index contributed by atoms with van der Waals surface area (Å²) in [5.74, 6) is -0.424. The highest BCUT2D eigenvalue weighted by Crippen LogP contribution is 2.29. The molecule has 0 amide bonds. The first-order valence-corrected chi connectivity index (χ1v) is 6.67. The van der Waals surface area contributed by atoms with E-state index in [1.54, 1.807) is 18.2 Å². The van der Waals surface area contributed by atoms with Gasteiger partial charge in [-0.15, -0.1) is 0 Å². The Morgan fingerprint density at radius 1 is 1.05 bits per heavy atom. The molecular formula is C16H11ClN2O2. The van der Waals surface area contributed by atoms with Gasteiger partial charge in [-0.05, 0) is 12.1 Å². The van der Waals surface area contributed by atoms with Crippen molar-refractivity contribution >= 4 is 39.8 Å². The number of hydrogen-bond donors (Lipinski definition) is 2. The van der Waals surface area contributed by atoms with Crippen LogP contribution >= 0.6 is 11.6 Å². The first-order valence-electron chi connectivity index (χ1n) is 6.29. The maximum Gasteiger partial charge on any atom is 0.337 e. The van der Waals surface area contributed by atoms with E-state index in [0.29, 0.717) is 16.2 Å². The number of rotatable bonds is 3. The van der Waals surface area contributed by atoms with Gasteiger partial charge in [-0.1, -0.05) is 48.0 Å². The number of carboxylic acids is 1. The number of halogens is 1. The fourth-order valence-corrected chi connectivity index (χ4v) is 2.34. The van der Waals surface area contributed by atoms with E-state index in [1.807, 2.05) is 30.3 Å². The van der Waals surface area contributed by atoms with Crippen LogP contribution in [0.3, 0.4) is 0 Å². The van der Waals surface area contributed by atoms with E-state index in [9.17, 15) is 9.90 Å². The number of pyridine rings is 1. The number of anilines is 2. The summed E-state index contributed by atoms with van der Waals surface area (Å²) in [6, 6.07) is 14.5. The standard InChI is InChI=1S/C16H11ClN2O2/c17-13-7-3-4-8-14(13)19-15-11-6-2-1-5-10(11)12(9-18-15)16(20)21/h1-9H,(H,18,19)(H,20,21). The van der Waals surface area contributed by atoms with Gasteiger partial charge in [-0.2, -0.15) is 0 Å². The number of carbonyl (C=O) groups is 1. The molecule has 0 saturated heterocycles.